The molecule has 1 atom stereocenters. The molecule has 1 aromatic carbocycles. The van der Waals surface area contributed by atoms with Gasteiger partial charge < -0.3 is 10.1 Å². The van der Waals surface area contributed by atoms with Crippen LogP contribution in [-0.2, 0) is 4.74 Å². The minimum absolute atomic E-state index is 0.0432. The lowest BCUT2D eigenvalue weighted by Crippen LogP contribution is -2.30. The normalized spacial score (nSPS) is 13.7. The van der Waals surface area contributed by atoms with Crippen LogP contribution in [0.4, 0.5) is 0 Å². The van der Waals surface area contributed by atoms with Gasteiger partial charge in [-0.15, -0.1) is 0 Å². The maximum Gasteiger partial charge on any atom is 0.0634 e. The zero-order valence-corrected chi connectivity index (χ0v) is 11.7. The quantitative estimate of drug-likeness (QED) is 0.815. The number of ether oxygens (including phenoxy) is 1. The van der Waals surface area contributed by atoms with Crippen LogP contribution in [0.3, 0.4) is 0 Å². The van der Waals surface area contributed by atoms with E-state index in [1.54, 1.807) is 7.11 Å². The molecule has 0 bridgehead atoms. The molecule has 0 saturated heterocycles. The average molecular weight is 235 g/mol. The summed E-state index contributed by atoms with van der Waals surface area (Å²) in [5.74, 6) is 0. The van der Waals surface area contributed by atoms with Crippen LogP contribution in [0.5, 0.6) is 0 Å². The van der Waals surface area contributed by atoms with Crippen LogP contribution in [0.15, 0.2) is 24.3 Å². The number of hydrogen-bond donors (Lipinski definition) is 1. The van der Waals surface area contributed by atoms with Crippen LogP contribution >= 0.6 is 0 Å². The third kappa shape index (κ3) is 4.49. The largest absolute Gasteiger partial charge is 0.379 e. The van der Waals surface area contributed by atoms with Gasteiger partial charge in [0.15, 0.2) is 0 Å². The molecule has 1 aromatic rings. The average Bonchev–Trinajstić information content (AvgIpc) is 2.29. The second kappa shape index (κ2) is 6.18. The topological polar surface area (TPSA) is 21.3 Å². The highest BCUT2D eigenvalue weighted by atomic mass is 16.5. The summed E-state index contributed by atoms with van der Waals surface area (Å²) < 4.78 is 5.41. The number of hydrogen-bond acceptors (Lipinski definition) is 2. The van der Waals surface area contributed by atoms with Crippen molar-refractivity contribution in [2.45, 2.75) is 45.8 Å². The molecular weight excluding hydrogens is 210 g/mol. The van der Waals surface area contributed by atoms with E-state index in [-0.39, 0.29) is 5.60 Å². The van der Waals surface area contributed by atoms with Gasteiger partial charge in [0.1, 0.15) is 0 Å². The summed E-state index contributed by atoms with van der Waals surface area (Å²) in [6.45, 7) is 9.57. The van der Waals surface area contributed by atoms with Crippen molar-refractivity contribution in [3.8, 4) is 0 Å². The molecule has 0 radical (unpaired) electrons. The van der Waals surface area contributed by atoms with Crippen molar-refractivity contribution in [1.29, 1.82) is 0 Å². The monoisotopic (exact) mass is 235 g/mol. The highest BCUT2D eigenvalue weighted by Crippen LogP contribution is 2.17. The zero-order valence-electron chi connectivity index (χ0n) is 11.7. The number of benzene rings is 1. The smallest absolute Gasteiger partial charge is 0.0634 e. The third-order valence-electron chi connectivity index (χ3n) is 3.39. The zero-order chi connectivity index (χ0) is 12.9. The van der Waals surface area contributed by atoms with E-state index in [0.717, 1.165) is 13.0 Å². The van der Waals surface area contributed by atoms with Gasteiger partial charge in [-0.3, -0.25) is 0 Å². The first kappa shape index (κ1) is 14.2. The van der Waals surface area contributed by atoms with E-state index in [1.807, 2.05) is 0 Å². The Hall–Kier alpha value is -0.860. The predicted octanol–water partition coefficient (Wildman–Crippen LogP) is 3.46. The van der Waals surface area contributed by atoms with Crippen molar-refractivity contribution in [1.82, 2.24) is 5.32 Å². The van der Waals surface area contributed by atoms with Crippen LogP contribution in [0, 0.1) is 6.92 Å². The molecule has 1 N–H and O–H groups in total. The summed E-state index contributed by atoms with van der Waals surface area (Å²) in [4.78, 5) is 0. The predicted molar refractivity (Wildman–Crippen MR) is 73.3 cm³/mol. The molecule has 0 unspecified atom stereocenters. The maximum absolute atomic E-state index is 5.41. The van der Waals surface area contributed by atoms with Crippen LogP contribution in [0.1, 0.15) is 44.4 Å². The van der Waals surface area contributed by atoms with Gasteiger partial charge in [-0.2, -0.15) is 0 Å². The summed E-state index contributed by atoms with van der Waals surface area (Å²) in [6, 6.07) is 8.92. The van der Waals surface area contributed by atoms with Gasteiger partial charge in [-0.1, -0.05) is 24.3 Å². The van der Waals surface area contributed by atoms with Crippen LogP contribution < -0.4 is 5.32 Å². The maximum atomic E-state index is 5.41. The Kier molecular flexibility index (Phi) is 5.16. The van der Waals surface area contributed by atoms with E-state index in [9.17, 15) is 0 Å². The SMILES string of the molecule is COC(C)(C)CCN[C@@H](C)c1ccccc1C. The number of aryl methyl sites for hydroxylation is 1. The molecule has 0 spiro atoms. The number of rotatable bonds is 6. The molecule has 0 aliphatic rings. The minimum Gasteiger partial charge on any atom is -0.379 e. The van der Waals surface area contributed by atoms with Gasteiger partial charge in [0.25, 0.3) is 0 Å². The molecule has 0 fully saturated rings. The summed E-state index contributed by atoms with van der Waals surface area (Å²) in [5, 5.41) is 3.55. The molecule has 2 nitrogen and oxygen atoms in total. The Morgan fingerprint density at radius 3 is 2.53 bits per heavy atom. The summed E-state index contributed by atoms with van der Waals surface area (Å²) in [6.07, 6.45) is 1.01. The molecule has 0 aromatic heterocycles. The molecule has 0 aliphatic carbocycles. The lowest BCUT2D eigenvalue weighted by molar-refractivity contribution is 0.0154. The Morgan fingerprint density at radius 2 is 1.94 bits per heavy atom. The van der Waals surface area contributed by atoms with Gasteiger partial charge in [0.05, 0.1) is 5.60 Å². The van der Waals surface area contributed by atoms with Crippen molar-refractivity contribution in [3.05, 3.63) is 35.4 Å². The first-order valence-electron chi connectivity index (χ1n) is 6.30. The molecule has 0 amide bonds. The molecule has 96 valence electrons. The second-order valence-electron chi connectivity index (χ2n) is 5.25. The van der Waals surface area contributed by atoms with Crippen LogP contribution in [0.2, 0.25) is 0 Å². The highest BCUT2D eigenvalue weighted by Gasteiger charge is 2.16. The molecule has 17 heavy (non-hydrogen) atoms. The molecule has 2 heteroatoms. The first-order valence-corrected chi connectivity index (χ1v) is 6.30. The Labute approximate surface area is 105 Å². The Bertz CT molecular complexity index is 347. The summed E-state index contributed by atoms with van der Waals surface area (Å²) >= 11 is 0. The lowest BCUT2D eigenvalue weighted by Gasteiger charge is -2.24. The van der Waals surface area contributed by atoms with Crippen molar-refractivity contribution in [2.75, 3.05) is 13.7 Å². The summed E-state index contributed by atoms with van der Waals surface area (Å²) in [7, 11) is 1.77. The third-order valence-corrected chi connectivity index (χ3v) is 3.39. The Morgan fingerprint density at radius 1 is 1.29 bits per heavy atom. The van der Waals surface area contributed by atoms with Gasteiger partial charge in [-0.25, -0.2) is 0 Å². The van der Waals surface area contributed by atoms with E-state index in [2.05, 4.69) is 57.3 Å². The number of nitrogens with one attached hydrogen (secondary N) is 1. The molecule has 0 heterocycles. The van der Waals surface area contributed by atoms with Gasteiger partial charge >= 0.3 is 0 Å². The van der Waals surface area contributed by atoms with E-state index in [1.165, 1.54) is 11.1 Å². The van der Waals surface area contributed by atoms with Crippen LogP contribution in [0.25, 0.3) is 0 Å². The van der Waals surface area contributed by atoms with Crippen molar-refractivity contribution in [3.63, 3.8) is 0 Å². The van der Waals surface area contributed by atoms with E-state index >= 15 is 0 Å². The fraction of sp³-hybridized carbons (Fsp3) is 0.600. The van der Waals surface area contributed by atoms with Crippen molar-refractivity contribution >= 4 is 0 Å². The molecule has 0 saturated carbocycles. The number of methoxy groups -OCH3 is 1. The summed E-state index contributed by atoms with van der Waals surface area (Å²) in [5.41, 5.74) is 2.68. The van der Waals surface area contributed by atoms with E-state index in [4.69, 9.17) is 4.74 Å². The molecule has 1 rings (SSSR count). The van der Waals surface area contributed by atoms with Crippen molar-refractivity contribution in [2.24, 2.45) is 0 Å². The second-order valence-corrected chi connectivity index (χ2v) is 5.25. The fourth-order valence-electron chi connectivity index (χ4n) is 1.87. The molecule has 0 aliphatic heterocycles. The Balaban J connectivity index is 2.46. The fourth-order valence-corrected chi connectivity index (χ4v) is 1.87. The van der Waals surface area contributed by atoms with Gasteiger partial charge in [0, 0.05) is 13.2 Å². The molecular formula is C15H25NO. The van der Waals surface area contributed by atoms with Crippen molar-refractivity contribution < 1.29 is 4.74 Å². The van der Waals surface area contributed by atoms with E-state index < -0.39 is 0 Å². The minimum atomic E-state index is -0.0432. The standard InChI is InChI=1S/C15H25NO/c1-12-8-6-7-9-14(12)13(2)16-11-10-15(3,4)17-5/h6-9,13,16H,10-11H2,1-5H3/t13-/m0/s1. The van der Waals surface area contributed by atoms with E-state index in [0.29, 0.717) is 6.04 Å². The van der Waals surface area contributed by atoms with Gasteiger partial charge in [0.2, 0.25) is 0 Å². The lowest BCUT2D eigenvalue weighted by atomic mass is 10.0. The highest BCUT2D eigenvalue weighted by molar-refractivity contribution is 5.28. The van der Waals surface area contributed by atoms with Crippen LogP contribution in [-0.4, -0.2) is 19.3 Å². The first-order chi connectivity index (χ1) is 7.96. The van der Waals surface area contributed by atoms with Gasteiger partial charge in [-0.05, 0) is 51.8 Å².